The maximum absolute atomic E-state index is 11.6. The molecule has 118 valence electrons. The predicted molar refractivity (Wildman–Crippen MR) is 79.9 cm³/mol. The predicted octanol–water partition coefficient (Wildman–Crippen LogP) is 1.21. The summed E-state index contributed by atoms with van der Waals surface area (Å²) in [6.45, 7) is 2.01. The first-order chi connectivity index (χ1) is 10.5. The second-order valence-corrected chi connectivity index (χ2v) is 7.69. The standard InChI is InChI=1S/C18H22O4/c1-9-4-5-10-7-11-3-2-6-17-14(10)15(9)22-16(17)12(19)8-13(20)18(11,17)21/h4-5,11-13,16,19-21H,2-3,6-8H2,1H3/t11-,12?,13+,16+,17?,18+/m1/s1. The lowest BCUT2D eigenvalue weighted by Gasteiger charge is -2.62. The Kier molecular flexibility index (Phi) is 2.34. The van der Waals surface area contributed by atoms with E-state index < -0.39 is 29.3 Å². The van der Waals surface area contributed by atoms with Gasteiger partial charge in [0.25, 0.3) is 0 Å². The fourth-order valence-electron chi connectivity index (χ4n) is 6.05. The summed E-state index contributed by atoms with van der Waals surface area (Å²) in [6, 6.07) is 4.22. The molecule has 1 aromatic rings. The van der Waals surface area contributed by atoms with E-state index in [0.29, 0.717) is 0 Å². The number of hydrogen-bond acceptors (Lipinski definition) is 4. The van der Waals surface area contributed by atoms with Crippen LogP contribution in [0.2, 0.25) is 0 Å². The van der Waals surface area contributed by atoms with Crippen LogP contribution >= 0.6 is 0 Å². The lowest BCUT2D eigenvalue weighted by molar-refractivity contribution is -0.246. The molecule has 2 bridgehead atoms. The number of ether oxygens (including phenoxy) is 1. The Labute approximate surface area is 129 Å². The largest absolute Gasteiger partial charge is 0.486 e. The van der Waals surface area contributed by atoms with Crippen LogP contribution in [0.3, 0.4) is 0 Å². The third-order valence-corrected chi connectivity index (χ3v) is 6.87. The number of rotatable bonds is 0. The first-order valence-corrected chi connectivity index (χ1v) is 8.38. The van der Waals surface area contributed by atoms with Gasteiger partial charge in [0.1, 0.15) is 17.5 Å². The van der Waals surface area contributed by atoms with E-state index in [1.165, 1.54) is 5.56 Å². The van der Waals surface area contributed by atoms with Gasteiger partial charge in [0.05, 0.1) is 17.6 Å². The fraction of sp³-hybridized carbons (Fsp3) is 0.667. The zero-order valence-corrected chi connectivity index (χ0v) is 12.7. The van der Waals surface area contributed by atoms with Gasteiger partial charge in [0.2, 0.25) is 0 Å². The van der Waals surface area contributed by atoms with E-state index in [1.54, 1.807) is 0 Å². The fourth-order valence-corrected chi connectivity index (χ4v) is 6.05. The third kappa shape index (κ3) is 1.17. The van der Waals surface area contributed by atoms with E-state index in [1.807, 2.05) is 6.92 Å². The SMILES string of the molecule is Cc1ccc2c3c1O[C@H]1C(O)C[C@H](O)[C@@]4(O)[C@H](CCCC314)C2. The van der Waals surface area contributed by atoms with E-state index >= 15 is 0 Å². The Bertz CT molecular complexity index is 671. The average Bonchev–Trinajstić information content (AvgIpc) is 2.81. The summed E-state index contributed by atoms with van der Waals surface area (Å²) < 4.78 is 6.21. The molecule has 22 heavy (non-hydrogen) atoms. The van der Waals surface area contributed by atoms with E-state index in [4.69, 9.17) is 4.74 Å². The quantitative estimate of drug-likeness (QED) is 0.674. The van der Waals surface area contributed by atoms with Crippen molar-refractivity contribution in [1.29, 1.82) is 0 Å². The molecule has 0 radical (unpaired) electrons. The van der Waals surface area contributed by atoms with E-state index in [0.717, 1.165) is 42.6 Å². The van der Waals surface area contributed by atoms with Crippen molar-refractivity contribution in [2.24, 2.45) is 5.92 Å². The van der Waals surface area contributed by atoms with Crippen LogP contribution in [0.15, 0.2) is 12.1 Å². The Morgan fingerprint density at radius 3 is 2.91 bits per heavy atom. The van der Waals surface area contributed by atoms with Gasteiger partial charge in [-0.3, -0.25) is 0 Å². The Morgan fingerprint density at radius 1 is 1.27 bits per heavy atom. The number of aliphatic hydroxyl groups is 3. The van der Waals surface area contributed by atoms with E-state index in [2.05, 4.69) is 12.1 Å². The van der Waals surface area contributed by atoms with E-state index in [-0.39, 0.29) is 12.3 Å². The van der Waals surface area contributed by atoms with Crippen molar-refractivity contribution in [3.8, 4) is 5.75 Å². The van der Waals surface area contributed by atoms with Crippen LogP contribution in [-0.4, -0.2) is 39.2 Å². The molecule has 4 heteroatoms. The van der Waals surface area contributed by atoms with Gasteiger partial charge in [-0.2, -0.15) is 0 Å². The molecule has 3 N–H and O–H groups in total. The first-order valence-electron chi connectivity index (χ1n) is 8.38. The molecule has 0 amide bonds. The highest BCUT2D eigenvalue weighted by Crippen LogP contribution is 2.66. The molecule has 1 aromatic carbocycles. The molecule has 1 heterocycles. The molecule has 6 atom stereocenters. The van der Waals surface area contributed by atoms with Gasteiger partial charge in [-0.15, -0.1) is 0 Å². The molecule has 1 aliphatic heterocycles. The van der Waals surface area contributed by atoms with Crippen molar-refractivity contribution in [3.63, 3.8) is 0 Å². The van der Waals surface area contributed by atoms with Crippen LogP contribution in [-0.2, 0) is 11.8 Å². The summed E-state index contributed by atoms with van der Waals surface area (Å²) in [5.74, 6) is 0.894. The molecule has 0 saturated heterocycles. The van der Waals surface area contributed by atoms with Gasteiger partial charge < -0.3 is 20.1 Å². The third-order valence-electron chi connectivity index (χ3n) is 6.87. The molecule has 5 rings (SSSR count). The summed E-state index contributed by atoms with van der Waals surface area (Å²) in [5, 5.41) is 32.9. The highest BCUT2D eigenvalue weighted by atomic mass is 16.5. The van der Waals surface area contributed by atoms with Crippen molar-refractivity contribution in [3.05, 3.63) is 28.8 Å². The number of aliphatic hydroxyl groups excluding tert-OH is 2. The highest BCUT2D eigenvalue weighted by molar-refractivity contribution is 5.60. The minimum absolute atomic E-state index is 0.0519. The maximum Gasteiger partial charge on any atom is 0.137 e. The van der Waals surface area contributed by atoms with Gasteiger partial charge >= 0.3 is 0 Å². The van der Waals surface area contributed by atoms with Crippen LogP contribution < -0.4 is 4.74 Å². The summed E-state index contributed by atoms with van der Waals surface area (Å²) in [4.78, 5) is 0. The molecule has 2 fully saturated rings. The molecule has 2 unspecified atom stereocenters. The molecular formula is C18H22O4. The minimum Gasteiger partial charge on any atom is -0.486 e. The molecule has 1 spiro atoms. The Morgan fingerprint density at radius 2 is 2.09 bits per heavy atom. The smallest absolute Gasteiger partial charge is 0.137 e. The van der Waals surface area contributed by atoms with Crippen LogP contribution in [0.5, 0.6) is 5.75 Å². The second kappa shape index (κ2) is 3.86. The van der Waals surface area contributed by atoms with Gasteiger partial charge in [0, 0.05) is 12.0 Å². The zero-order valence-electron chi connectivity index (χ0n) is 12.7. The monoisotopic (exact) mass is 302 g/mol. The van der Waals surface area contributed by atoms with Crippen molar-refractivity contribution in [2.75, 3.05) is 0 Å². The number of aryl methyl sites for hydroxylation is 1. The normalized spacial score (nSPS) is 47.8. The molecule has 4 nitrogen and oxygen atoms in total. The highest BCUT2D eigenvalue weighted by Gasteiger charge is 2.74. The minimum atomic E-state index is -1.17. The maximum atomic E-state index is 11.6. The molecule has 3 aliphatic carbocycles. The summed E-state index contributed by atoms with van der Waals surface area (Å²) in [5.41, 5.74) is 1.56. The topological polar surface area (TPSA) is 69.9 Å². The van der Waals surface area contributed by atoms with Gasteiger partial charge in [0.15, 0.2) is 0 Å². The van der Waals surface area contributed by atoms with E-state index in [9.17, 15) is 15.3 Å². The molecule has 4 aliphatic rings. The zero-order chi connectivity index (χ0) is 15.3. The van der Waals surface area contributed by atoms with Crippen molar-refractivity contribution >= 4 is 0 Å². The summed E-state index contributed by atoms with van der Waals surface area (Å²) >= 11 is 0. The van der Waals surface area contributed by atoms with Gasteiger partial charge in [-0.25, -0.2) is 0 Å². The van der Waals surface area contributed by atoms with Crippen LogP contribution in [0.4, 0.5) is 0 Å². The van der Waals surface area contributed by atoms with Crippen molar-refractivity contribution in [1.82, 2.24) is 0 Å². The Hall–Kier alpha value is -1.10. The van der Waals surface area contributed by atoms with Crippen molar-refractivity contribution < 1.29 is 20.1 Å². The number of benzene rings is 1. The lowest BCUT2D eigenvalue weighted by Crippen LogP contribution is -2.75. The lowest BCUT2D eigenvalue weighted by atomic mass is 9.44. The van der Waals surface area contributed by atoms with Gasteiger partial charge in [-0.1, -0.05) is 18.6 Å². The van der Waals surface area contributed by atoms with Crippen LogP contribution in [0.1, 0.15) is 42.4 Å². The molecule has 0 aromatic heterocycles. The average molecular weight is 302 g/mol. The van der Waals surface area contributed by atoms with Crippen LogP contribution in [0.25, 0.3) is 0 Å². The summed E-state index contributed by atoms with van der Waals surface area (Å²) in [6.07, 6.45) is 1.67. The summed E-state index contributed by atoms with van der Waals surface area (Å²) in [7, 11) is 0. The first kappa shape index (κ1) is 13.3. The second-order valence-electron chi connectivity index (χ2n) is 7.69. The number of hydrogen-bond donors (Lipinski definition) is 3. The molecular weight excluding hydrogens is 280 g/mol. The van der Waals surface area contributed by atoms with Gasteiger partial charge in [-0.05, 0) is 43.2 Å². The molecule has 2 saturated carbocycles. The Balaban J connectivity index is 1.88. The van der Waals surface area contributed by atoms with Crippen LogP contribution in [0, 0.1) is 12.8 Å². The van der Waals surface area contributed by atoms with Crippen molar-refractivity contribution in [2.45, 2.75) is 68.4 Å².